The van der Waals surface area contributed by atoms with Crippen molar-refractivity contribution in [3.63, 3.8) is 0 Å². The van der Waals surface area contributed by atoms with Crippen LogP contribution >= 0.6 is 0 Å². The summed E-state index contributed by atoms with van der Waals surface area (Å²) in [5.74, 6) is 0. The Bertz CT molecular complexity index is 369. The van der Waals surface area contributed by atoms with Crippen molar-refractivity contribution in [3.05, 3.63) is 24.3 Å². The third kappa shape index (κ3) is 22.1. The zero-order valence-electron chi connectivity index (χ0n) is 21.5. The molecule has 0 aliphatic rings. The summed E-state index contributed by atoms with van der Waals surface area (Å²) >= 11 is 0. The quantitative estimate of drug-likeness (QED) is 0.118. The Morgan fingerprint density at radius 1 is 0.500 bits per heavy atom. The van der Waals surface area contributed by atoms with Gasteiger partial charge in [-0.15, -0.1) is 0 Å². The molecule has 178 valence electrons. The first-order valence-corrected chi connectivity index (χ1v) is 13.7. The Hall–Kier alpha value is -0.560. The van der Waals surface area contributed by atoms with Crippen molar-refractivity contribution < 1.29 is 0 Å². The molecule has 0 rings (SSSR count). The smallest absolute Gasteiger partial charge is 0.00891 e. The molecule has 1 nitrogen and oxygen atoms in total. The summed E-state index contributed by atoms with van der Waals surface area (Å²) in [4.78, 5) is 2.47. The monoisotopic (exact) mass is 419 g/mol. The molecule has 0 radical (unpaired) electrons. The topological polar surface area (TPSA) is 3.24 Å². The van der Waals surface area contributed by atoms with E-state index in [0.29, 0.717) is 0 Å². The van der Waals surface area contributed by atoms with Crippen molar-refractivity contribution in [2.75, 3.05) is 14.1 Å². The first-order valence-electron chi connectivity index (χ1n) is 13.7. The molecule has 0 heterocycles. The fraction of sp³-hybridized carbons (Fsp3) is 0.862. The van der Waals surface area contributed by atoms with E-state index in [1.807, 2.05) is 0 Å². The number of hydrogen-bond acceptors (Lipinski definition) is 1. The second-order valence-electron chi connectivity index (χ2n) is 9.55. The highest BCUT2D eigenvalue weighted by molar-refractivity contribution is 4.92. The van der Waals surface area contributed by atoms with Gasteiger partial charge in [-0.25, -0.2) is 0 Å². The molecule has 0 spiro atoms. The van der Waals surface area contributed by atoms with Crippen molar-refractivity contribution in [1.82, 2.24) is 4.90 Å². The lowest BCUT2D eigenvalue weighted by Crippen LogP contribution is -2.27. The summed E-state index contributed by atoms with van der Waals surface area (Å²) in [6.07, 6.45) is 36.9. The van der Waals surface area contributed by atoms with E-state index in [1.165, 1.54) is 122 Å². The van der Waals surface area contributed by atoms with Crippen LogP contribution in [0.5, 0.6) is 0 Å². The predicted octanol–water partition coefficient (Wildman–Crippen LogP) is 9.87. The fourth-order valence-electron chi connectivity index (χ4n) is 4.19. The van der Waals surface area contributed by atoms with E-state index in [9.17, 15) is 0 Å². The minimum atomic E-state index is 0.804. The van der Waals surface area contributed by atoms with E-state index >= 15 is 0 Å². The third-order valence-corrected chi connectivity index (χ3v) is 6.36. The van der Waals surface area contributed by atoms with Crippen LogP contribution in [0.3, 0.4) is 0 Å². The first kappa shape index (κ1) is 29.4. The summed E-state index contributed by atoms with van der Waals surface area (Å²) in [7, 11) is 4.55. The Balaban J connectivity index is 3.51. The molecule has 1 atom stereocenters. The molecule has 0 fully saturated rings. The van der Waals surface area contributed by atoms with Crippen molar-refractivity contribution >= 4 is 0 Å². The van der Waals surface area contributed by atoms with Gasteiger partial charge in [-0.3, -0.25) is 0 Å². The van der Waals surface area contributed by atoms with E-state index in [1.54, 1.807) is 0 Å². The number of nitrogens with zero attached hydrogens (tertiary/aromatic N) is 1. The van der Waals surface area contributed by atoms with Crippen LogP contribution in [0.15, 0.2) is 24.3 Å². The molecule has 0 aromatic rings. The van der Waals surface area contributed by atoms with Gasteiger partial charge >= 0.3 is 0 Å². The van der Waals surface area contributed by atoms with Gasteiger partial charge in [-0.1, -0.05) is 122 Å². The zero-order chi connectivity index (χ0) is 22.1. The van der Waals surface area contributed by atoms with Crippen molar-refractivity contribution in [1.29, 1.82) is 0 Å². The molecule has 0 saturated carbocycles. The lowest BCUT2D eigenvalue weighted by atomic mass is 9.99. The molecule has 0 aliphatic carbocycles. The van der Waals surface area contributed by atoms with Gasteiger partial charge in [0.15, 0.2) is 0 Å². The lowest BCUT2D eigenvalue weighted by molar-refractivity contribution is 0.251. The summed E-state index contributed by atoms with van der Waals surface area (Å²) in [6, 6.07) is 0.804. The first-order chi connectivity index (χ1) is 14.7. The van der Waals surface area contributed by atoms with E-state index in [-0.39, 0.29) is 0 Å². The predicted molar refractivity (Wildman–Crippen MR) is 139 cm³/mol. The minimum absolute atomic E-state index is 0.804. The molecule has 30 heavy (non-hydrogen) atoms. The van der Waals surface area contributed by atoms with Gasteiger partial charge in [0.05, 0.1) is 0 Å². The molecule has 0 N–H and O–H groups in total. The van der Waals surface area contributed by atoms with Gasteiger partial charge in [0.25, 0.3) is 0 Å². The van der Waals surface area contributed by atoms with Gasteiger partial charge in [0.2, 0.25) is 0 Å². The minimum Gasteiger partial charge on any atom is -0.306 e. The van der Waals surface area contributed by atoms with Gasteiger partial charge in [0, 0.05) is 6.04 Å². The van der Waals surface area contributed by atoms with E-state index < -0.39 is 0 Å². The van der Waals surface area contributed by atoms with Gasteiger partial charge < -0.3 is 4.90 Å². The Morgan fingerprint density at radius 3 is 1.40 bits per heavy atom. The van der Waals surface area contributed by atoms with Crippen LogP contribution < -0.4 is 0 Å². The zero-order valence-corrected chi connectivity index (χ0v) is 21.5. The molecule has 0 aromatic carbocycles. The van der Waals surface area contributed by atoms with Crippen molar-refractivity contribution in [2.45, 2.75) is 148 Å². The molecule has 0 aliphatic heterocycles. The molecule has 1 unspecified atom stereocenters. The van der Waals surface area contributed by atoms with Gasteiger partial charge in [-0.05, 0) is 59.0 Å². The second kappa shape index (κ2) is 24.7. The maximum Gasteiger partial charge on any atom is 0.00891 e. The SMILES string of the molecule is CCCCC/C=C/C/C=C/CCCCCCCC(CCCCCCCCC)N(C)C. The Morgan fingerprint density at radius 2 is 0.900 bits per heavy atom. The van der Waals surface area contributed by atoms with Crippen LogP contribution in [-0.2, 0) is 0 Å². The van der Waals surface area contributed by atoms with Crippen molar-refractivity contribution in [2.24, 2.45) is 0 Å². The molecule has 1 heteroatoms. The summed E-state index contributed by atoms with van der Waals surface area (Å²) in [5.41, 5.74) is 0. The van der Waals surface area contributed by atoms with Crippen LogP contribution in [0.2, 0.25) is 0 Å². The third-order valence-electron chi connectivity index (χ3n) is 6.36. The summed E-state index contributed by atoms with van der Waals surface area (Å²) < 4.78 is 0. The molecule has 0 saturated heterocycles. The molecular formula is C29H57N. The maximum atomic E-state index is 2.47. The van der Waals surface area contributed by atoms with Crippen LogP contribution in [0.25, 0.3) is 0 Å². The van der Waals surface area contributed by atoms with Crippen LogP contribution in [0.4, 0.5) is 0 Å². The van der Waals surface area contributed by atoms with E-state index in [2.05, 4.69) is 57.1 Å². The molecule has 0 aromatic heterocycles. The molecule has 0 bridgehead atoms. The van der Waals surface area contributed by atoms with Crippen LogP contribution in [0, 0.1) is 0 Å². The largest absolute Gasteiger partial charge is 0.306 e. The summed E-state index contributed by atoms with van der Waals surface area (Å²) in [5, 5.41) is 0. The highest BCUT2D eigenvalue weighted by Gasteiger charge is 2.10. The molecule has 0 amide bonds. The fourth-order valence-corrected chi connectivity index (χ4v) is 4.19. The number of allylic oxidation sites excluding steroid dienone is 4. The highest BCUT2D eigenvalue weighted by atomic mass is 15.1. The number of rotatable bonds is 23. The van der Waals surface area contributed by atoms with E-state index in [4.69, 9.17) is 0 Å². The van der Waals surface area contributed by atoms with Gasteiger partial charge in [-0.2, -0.15) is 0 Å². The highest BCUT2D eigenvalue weighted by Crippen LogP contribution is 2.17. The van der Waals surface area contributed by atoms with Crippen molar-refractivity contribution in [3.8, 4) is 0 Å². The number of hydrogen-bond donors (Lipinski definition) is 0. The summed E-state index contributed by atoms with van der Waals surface area (Å²) in [6.45, 7) is 4.57. The molecular weight excluding hydrogens is 362 g/mol. The Kier molecular flexibility index (Phi) is 24.2. The standard InChI is InChI=1S/C29H57N/c1-5-7-9-11-13-14-15-16-17-18-19-20-22-24-26-28-29(30(3)4)27-25-23-21-12-10-8-6-2/h13-14,16-17,29H,5-12,15,18-28H2,1-4H3/b14-13+,17-16+. The maximum absolute atomic E-state index is 2.47. The second-order valence-corrected chi connectivity index (χ2v) is 9.55. The van der Waals surface area contributed by atoms with Gasteiger partial charge in [0.1, 0.15) is 0 Å². The average Bonchev–Trinajstić information content (AvgIpc) is 2.74. The lowest BCUT2D eigenvalue weighted by Gasteiger charge is -2.24. The van der Waals surface area contributed by atoms with E-state index in [0.717, 1.165) is 12.5 Å². The number of unbranched alkanes of at least 4 members (excludes halogenated alkanes) is 14. The normalized spacial score (nSPS) is 13.2. The Labute approximate surface area is 191 Å². The van der Waals surface area contributed by atoms with Crippen LogP contribution in [0.1, 0.15) is 142 Å². The average molecular weight is 420 g/mol. The van der Waals surface area contributed by atoms with Crippen LogP contribution in [-0.4, -0.2) is 25.0 Å².